The van der Waals surface area contributed by atoms with Gasteiger partial charge in [-0.15, -0.1) is 23.1 Å². The molecule has 0 saturated heterocycles. The van der Waals surface area contributed by atoms with E-state index in [1.54, 1.807) is 11.6 Å². The molecule has 0 aromatic carbocycles. The number of fused-ring (bicyclic) bond motifs is 1. The molecule has 1 atom stereocenters. The molecule has 9 heteroatoms. The van der Waals surface area contributed by atoms with E-state index in [1.165, 1.54) is 45.4 Å². The first-order chi connectivity index (χ1) is 11.5. The summed E-state index contributed by atoms with van der Waals surface area (Å²) in [5.41, 5.74) is 0.492. The fourth-order valence-electron chi connectivity index (χ4n) is 2.49. The van der Waals surface area contributed by atoms with E-state index in [0.717, 1.165) is 12.8 Å². The van der Waals surface area contributed by atoms with Crippen LogP contribution in [0.25, 0.3) is 4.96 Å². The summed E-state index contributed by atoms with van der Waals surface area (Å²) in [5.74, 6) is -0.543. The summed E-state index contributed by atoms with van der Waals surface area (Å²) in [7, 11) is 0. The van der Waals surface area contributed by atoms with Gasteiger partial charge in [-0.2, -0.15) is 0 Å². The maximum absolute atomic E-state index is 12.4. The molecule has 1 amide bonds. The Hall–Kier alpha value is -1.87. The van der Waals surface area contributed by atoms with Gasteiger partial charge in [0.2, 0.25) is 5.91 Å². The largest absolute Gasteiger partial charge is 0.480 e. The van der Waals surface area contributed by atoms with Crippen molar-refractivity contribution in [2.45, 2.75) is 37.6 Å². The lowest BCUT2D eigenvalue weighted by Gasteiger charge is -2.26. The van der Waals surface area contributed by atoms with Crippen LogP contribution in [0.1, 0.15) is 25.5 Å². The van der Waals surface area contributed by atoms with E-state index in [-0.39, 0.29) is 23.3 Å². The van der Waals surface area contributed by atoms with Gasteiger partial charge in [-0.05, 0) is 19.8 Å². The number of aliphatic carboxylic acids is 1. The van der Waals surface area contributed by atoms with E-state index in [4.69, 9.17) is 5.11 Å². The van der Waals surface area contributed by atoms with Crippen LogP contribution in [0.2, 0.25) is 0 Å². The van der Waals surface area contributed by atoms with Gasteiger partial charge in [0.1, 0.15) is 6.04 Å². The van der Waals surface area contributed by atoms with E-state index in [0.29, 0.717) is 16.4 Å². The molecule has 3 rings (SSSR count). The number of carbonyl (C=O) groups is 2. The minimum Gasteiger partial charge on any atom is -0.480 e. The van der Waals surface area contributed by atoms with Crippen LogP contribution in [0, 0.1) is 0 Å². The van der Waals surface area contributed by atoms with Crippen molar-refractivity contribution in [3.05, 3.63) is 33.7 Å². The lowest BCUT2D eigenvalue weighted by molar-refractivity contribution is -0.148. The molecule has 2 heterocycles. The molecule has 1 N–H and O–H groups in total. The summed E-state index contributed by atoms with van der Waals surface area (Å²) in [6.45, 7) is 1.54. The predicted molar refractivity (Wildman–Crippen MR) is 92.5 cm³/mol. The van der Waals surface area contributed by atoms with Gasteiger partial charge in [-0.25, -0.2) is 9.78 Å². The highest BCUT2D eigenvalue weighted by molar-refractivity contribution is 7.99. The number of amides is 1. The molecule has 0 radical (unpaired) electrons. The second kappa shape index (κ2) is 6.94. The maximum atomic E-state index is 12.4. The number of hydrogen-bond acceptors (Lipinski definition) is 6. The van der Waals surface area contributed by atoms with Gasteiger partial charge in [0, 0.05) is 29.4 Å². The molecule has 2 aromatic heterocycles. The number of carboxylic acid groups (broad SMARTS) is 1. The molecule has 1 aliphatic carbocycles. The SMILES string of the molecule is CC(C(=O)O)N(C(=O)CSCc1cc(=O)n2ccsc2n1)C1CC1. The molecule has 128 valence electrons. The smallest absolute Gasteiger partial charge is 0.326 e. The Labute approximate surface area is 146 Å². The fraction of sp³-hybridized carbons (Fsp3) is 0.467. The van der Waals surface area contributed by atoms with Crippen molar-refractivity contribution >= 4 is 39.9 Å². The summed E-state index contributed by atoms with van der Waals surface area (Å²) in [6.07, 6.45) is 3.40. The van der Waals surface area contributed by atoms with Crippen molar-refractivity contribution in [2.24, 2.45) is 0 Å². The van der Waals surface area contributed by atoms with Crippen molar-refractivity contribution in [1.29, 1.82) is 0 Å². The zero-order valence-corrected chi connectivity index (χ0v) is 14.7. The maximum Gasteiger partial charge on any atom is 0.326 e. The third kappa shape index (κ3) is 3.62. The second-order valence-electron chi connectivity index (χ2n) is 5.68. The van der Waals surface area contributed by atoms with Gasteiger partial charge < -0.3 is 10.0 Å². The van der Waals surface area contributed by atoms with Gasteiger partial charge in [-0.1, -0.05) is 0 Å². The summed E-state index contributed by atoms with van der Waals surface area (Å²) < 4.78 is 1.48. The summed E-state index contributed by atoms with van der Waals surface area (Å²) in [4.78, 5) is 41.9. The quantitative estimate of drug-likeness (QED) is 0.796. The average molecular weight is 367 g/mol. The molecule has 1 aliphatic rings. The fourth-order valence-corrected chi connectivity index (χ4v) is 4.01. The van der Waals surface area contributed by atoms with Crippen LogP contribution in [-0.4, -0.2) is 49.1 Å². The monoisotopic (exact) mass is 367 g/mol. The summed E-state index contributed by atoms with van der Waals surface area (Å²) in [5, 5.41) is 10.9. The lowest BCUT2D eigenvalue weighted by Crippen LogP contribution is -2.45. The Morgan fingerprint density at radius 1 is 1.54 bits per heavy atom. The number of thiazole rings is 1. The minimum atomic E-state index is -0.988. The third-order valence-corrected chi connectivity index (χ3v) is 5.54. The Balaban J connectivity index is 1.61. The van der Waals surface area contributed by atoms with Gasteiger partial charge >= 0.3 is 5.97 Å². The topological polar surface area (TPSA) is 92.0 Å². The van der Waals surface area contributed by atoms with E-state index in [9.17, 15) is 14.4 Å². The van der Waals surface area contributed by atoms with Crippen molar-refractivity contribution in [1.82, 2.24) is 14.3 Å². The molecular formula is C15H17N3O4S2. The Morgan fingerprint density at radius 2 is 2.29 bits per heavy atom. The zero-order chi connectivity index (χ0) is 17.3. The second-order valence-corrected chi connectivity index (χ2v) is 7.54. The number of rotatable bonds is 7. The standard InChI is InChI=1S/C15H17N3O4S2/c1-9(14(21)22)18(11-2-3-11)13(20)8-23-7-10-6-12(19)17-4-5-24-15(17)16-10/h4-6,9,11H,2-3,7-8H2,1H3,(H,21,22). The van der Waals surface area contributed by atoms with Crippen LogP contribution < -0.4 is 5.56 Å². The highest BCUT2D eigenvalue weighted by atomic mass is 32.2. The molecule has 0 spiro atoms. The minimum absolute atomic E-state index is 0.0504. The van der Waals surface area contributed by atoms with E-state index in [1.807, 2.05) is 0 Å². The molecule has 0 bridgehead atoms. The van der Waals surface area contributed by atoms with Crippen LogP contribution in [0.3, 0.4) is 0 Å². The van der Waals surface area contributed by atoms with Crippen molar-refractivity contribution < 1.29 is 14.7 Å². The van der Waals surface area contributed by atoms with Gasteiger partial charge in [0.05, 0.1) is 11.4 Å². The molecular weight excluding hydrogens is 350 g/mol. The third-order valence-electron chi connectivity index (χ3n) is 3.83. The summed E-state index contributed by atoms with van der Waals surface area (Å²) >= 11 is 2.73. The van der Waals surface area contributed by atoms with Crippen molar-refractivity contribution in [2.75, 3.05) is 5.75 Å². The Morgan fingerprint density at radius 3 is 2.96 bits per heavy atom. The zero-order valence-electron chi connectivity index (χ0n) is 13.0. The first kappa shape index (κ1) is 17.0. The highest BCUT2D eigenvalue weighted by Crippen LogP contribution is 2.29. The molecule has 24 heavy (non-hydrogen) atoms. The van der Waals surface area contributed by atoms with Crippen LogP contribution in [0.5, 0.6) is 0 Å². The first-order valence-corrected chi connectivity index (χ1v) is 9.58. The molecule has 2 aromatic rings. The molecule has 7 nitrogen and oxygen atoms in total. The Bertz CT molecular complexity index is 827. The van der Waals surface area contributed by atoms with Crippen LogP contribution in [0.4, 0.5) is 0 Å². The van der Waals surface area contributed by atoms with Crippen LogP contribution in [-0.2, 0) is 15.3 Å². The Kier molecular flexibility index (Phi) is 4.91. The number of carbonyl (C=O) groups excluding carboxylic acids is 1. The van der Waals surface area contributed by atoms with E-state index < -0.39 is 12.0 Å². The van der Waals surface area contributed by atoms with E-state index in [2.05, 4.69) is 4.98 Å². The molecule has 1 fully saturated rings. The summed E-state index contributed by atoms with van der Waals surface area (Å²) in [6, 6.07) is 0.709. The normalized spacial score (nSPS) is 15.4. The number of aromatic nitrogens is 2. The first-order valence-electron chi connectivity index (χ1n) is 7.55. The van der Waals surface area contributed by atoms with Crippen LogP contribution >= 0.6 is 23.1 Å². The number of thioether (sulfide) groups is 1. The molecule has 1 saturated carbocycles. The average Bonchev–Trinajstić information content (AvgIpc) is 3.23. The lowest BCUT2D eigenvalue weighted by atomic mass is 10.2. The van der Waals surface area contributed by atoms with Crippen LogP contribution in [0.15, 0.2) is 22.4 Å². The molecule has 0 aliphatic heterocycles. The van der Waals surface area contributed by atoms with Crippen molar-refractivity contribution in [3.8, 4) is 0 Å². The number of hydrogen-bond donors (Lipinski definition) is 1. The highest BCUT2D eigenvalue weighted by Gasteiger charge is 2.38. The van der Waals surface area contributed by atoms with Gasteiger partial charge in [-0.3, -0.25) is 14.0 Å². The van der Waals surface area contributed by atoms with Gasteiger partial charge in [0.15, 0.2) is 4.96 Å². The van der Waals surface area contributed by atoms with Crippen molar-refractivity contribution in [3.63, 3.8) is 0 Å². The van der Waals surface area contributed by atoms with E-state index >= 15 is 0 Å². The number of nitrogens with zero attached hydrogens (tertiary/aromatic N) is 3. The predicted octanol–water partition coefficient (Wildman–Crippen LogP) is 1.45. The van der Waals surface area contributed by atoms with Gasteiger partial charge in [0.25, 0.3) is 5.56 Å². The number of carboxylic acids is 1. The molecule has 1 unspecified atom stereocenters.